The Hall–Kier alpha value is -1.15. The number of hydrogen-bond donors (Lipinski definition) is 1. The summed E-state index contributed by atoms with van der Waals surface area (Å²) >= 11 is 0. The summed E-state index contributed by atoms with van der Waals surface area (Å²) < 4.78 is 0. The van der Waals surface area contributed by atoms with Gasteiger partial charge in [0, 0.05) is 18.7 Å². The molecular weight excluding hydrogens is 162 g/mol. The Balaban J connectivity index is 0.000000396. The average Bonchev–Trinajstić information content (AvgIpc) is 2.67. The van der Waals surface area contributed by atoms with Gasteiger partial charge in [0.15, 0.2) is 0 Å². The third-order valence-electron chi connectivity index (χ3n) is 2.00. The molecule has 0 atom stereocenters. The van der Waals surface area contributed by atoms with Crippen LogP contribution in [-0.2, 0) is 13.1 Å². The van der Waals surface area contributed by atoms with Crippen molar-refractivity contribution in [1.29, 1.82) is 0 Å². The first kappa shape index (κ1) is 9.93. The van der Waals surface area contributed by atoms with Gasteiger partial charge in [0.05, 0.1) is 0 Å². The summed E-state index contributed by atoms with van der Waals surface area (Å²) in [7, 11) is 0. The zero-order chi connectivity index (χ0) is 9.68. The van der Waals surface area contributed by atoms with Crippen LogP contribution in [0.3, 0.4) is 0 Å². The highest BCUT2D eigenvalue weighted by Gasteiger charge is 2.08. The Morgan fingerprint density at radius 2 is 1.92 bits per heavy atom. The van der Waals surface area contributed by atoms with Gasteiger partial charge >= 0.3 is 0 Å². The van der Waals surface area contributed by atoms with Gasteiger partial charge < -0.3 is 5.32 Å². The molecule has 0 bridgehead atoms. The Labute approximate surface area is 79.0 Å². The minimum absolute atomic E-state index is 0.771. The number of carbonyl (C=O) groups excluding carboxylic acids is 1. The number of benzene rings is 1. The summed E-state index contributed by atoms with van der Waals surface area (Å²) in [5.41, 5.74) is 3.35. The zero-order valence-corrected chi connectivity index (χ0v) is 8.13. The van der Waals surface area contributed by atoms with E-state index in [0.717, 1.165) is 24.9 Å². The number of nitrogens with one attached hydrogen (secondary N) is 1. The Bertz CT molecular complexity index is 294. The predicted molar refractivity (Wildman–Crippen MR) is 53.7 cm³/mol. The van der Waals surface area contributed by atoms with E-state index in [1.807, 2.05) is 32.0 Å². The first-order valence-electron chi connectivity index (χ1n) is 4.68. The predicted octanol–water partition coefficient (Wildman–Crippen LogP) is 2.13. The maximum Gasteiger partial charge on any atom is 0.150 e. The van der Waals surface area contributed by atoms with Crippen LogP contribution in [0.1, 0.15) is 35.3 Å². The van der Waals surface area contributed by atoms with Crippen LogP contribution in [0.2, 0.25) is 0 Å². The lowest BCUT2D eigenvalue weighted by molar-refractivity contribution is 0.112. The van der Waals surface area contributed by atoms with Gasteiger partial charge in [0.1, 0.15) is 6.29 Å². The van der Waals surface area contributed by atoms with Crippen LogP contribution in [0.15, 0.2) is 18.2 Å². The quantitative estimate of drug-likeness (QED) is 0.666. The van der Waals surface area contributed by atoms with Crippen molar-refractivity contribution < 1.29 is 4.79 Å². The van der Waals surface area contributed by atoms with Gasteiger partial charge in [0.2, 0.25) is 0 Å². The molecule has 0 aromatic heterocycles. The van der Waals surface area contributed by atoms with Gasteiger partial charge in [-0.2, -0.15) is 0 Å². The summed E-state index contributed by atoms with van der Waals surface area (Å²) in [4.78, 5) is 10.4. The summed E-state index contributed by atoms with van der Waals surface area (Å²) in [5, 5.41) is 3.22. The average molecular weight is 177 g/mol. The van der Waals surface area contributed by atoms with Crippen molar-refractivity contribution in [3.63, 3.8) is 0 Å². The lowest BCUT2D eigenvalue weighted by Gasteiger charge is -1.96. The second kappa shape index (κ2) is 4.77. The van der Waals surface area contributed by atoms with Crippen LogP contribution in [0, 0.1) is 0 Å². The monoisotopic (exact) mass is 177 g/mol. The highest BCUT2D eigenvalue weighted by atomic mass is 16.1. The van der Waals surface area contributed by atoms with Crippen LogP contribution in [0.25, 0.3) is 0 Å². The number of hydrogen-bond acceptors (Lipinski definition) is 2. The summed E-state index contributed by atoms with van der Waals surface area (Å²) in [6, 6.07) is 5.82. The van der Waals surface area contributed by atoms with E-state index in [1.54, 1.807) is 0 Å². The van der Waals surface area contributed by atoms with E-state index >= 15 is 0 Å². The molecular formula is C11H15NO. The van der Waals surface area contributed by atoms with Crippen molar-refractivity contribution in [3.8, 4) is 0 Å². The Morgan fingerprint density at radius 1 is 1.23 bits per heavy atom. The van der Waals surface area contributed by atoms with Crippen molar-refractivity contribution in [2.75, 3.05) is 0 Å². The van der Waals surface area contributed by atoms with E-state index in [1.165, 1.54) is 11.1 Å². The van der Waals surface area contributed by atoms with E-state index in [2.05, 4.69) is 5.32 Å². The molecule has 1 aliphatic rings. The SMILES string of the molecule is CC.O=Cc1ccc2c(c1)CNC2. The molecule has 1 heterocycles. The van der Waals surface area contributed by atoms with Crippen LogP contribution in [0.4, 0.5) is 0 Å². The molecule has 0 spiro atoms. The summed E-state index contributed by atoms with van der Waals surface area (Å²) in [6.07, 6.45) is 0.888. The van der Waals surface area contributed by atoms with E-state index in [4.69, 9.17) is 0 Å². The minimum Gasteiger partial charge on any atom is -0.309 e. The first-order valence-corrected chi connectivity index (χ1v) is 4.68. The molecule has 70 valence electrons. The number of rotatable bonds is 1. The van der Waals surface area contributed by atoms with Gasteiger partial charge in [-0.25, -0.2) is 0 Å². The van der Waals surface area contributed by atoms with Gasteiger partial charge in [-0.05, 0) is 17.2 Å². The molecule has 2 heteroatoms. The fraction of sp³-hybridized carbons (Fsp3) is 0.364. The van der Waals surface area contributed by atoms with Crippen LogP contribution >= 0.6 is 0 Å². The molecule has 0 saturated carbocycles. The van der Waals surface area contributed by atoms with Crippen molar-refractivity contribution in [1.82, 2.24) is 5.32 Å². The minimum atomic E-state index is 0.771. The molecule has 2 rings (SSSR count). The van der Waals surface area contributed by atoms with E-state index in [-0.39, 0.29) is 0 Å². The van der Waals surface area contributed by atoms with Crippen molar-refractivity contribution in [2.45, 2.75) is 26.9 Å². The molecule has 0 aliphatic carbocycles. The van der Waals surface area contributed by atoms with Gasteiger partial charge in [-0.1, -0.05) is 26.0 Å². The highest BCUT2D eigenvalue weighted by molar-refractivity contribution is 5.75. The Morgan fingerprint density at radius 3 is 2.62 bits per heavy atom. The number of fused-ring (bicyclic) bond motifs is 1. The van der Waals surface area contributed by atoms with Gasteiger partial charge in [-0.15, -0.1) is 0 Å². The lowest BCUT2D eigenvalue weighted by atomic mass is 10.1. The second-order valence-electron chi connectivity index (χ2n) is 2.75. The molecule has 13 heavy (non-hydrogen) atoms. The summed E-state index contributed by atoms with van der Waals surface area (Å²) in [6.45, 7) is 5.84. The number of carbonyl (C=O) groups is 1. The fourth-order valence-corrected chi connectivity index (χ4v) is 1.39. The first-order chi connectivity index (χ1) is 6.40. The molecule has 1 N–H and O–H groups in total. The van der Waals surface area contributed by atoms with Gasteiger partial charge in [0.25, 0.3) is 0 Å². The van der Waals surface area contributed by atoms with E-state index in [0.29, 0.717) is 0 Å². The lowest BCUT2D eigenvalue weighted by Crippen LogP contribution is -1.99. The van der Waals surface area contributed by atoms with E-state index in [9.17, 15) is 4.79 Å². The van der Waals surface area contributed by atoms with Crippen LogP contribution in [-0.4, -0.2) is 6.29 Å². The third kappa shape index (κ3) is 2.16. The molecule has 0 amide bonds. The smallest absolute Gasteiger partial charge is 0.150 e. The Kier molecular flexibility index (Phi) is 3.65. The van der Waals surface area contributed by atoms with Crippen molar-refractivity contribution >= 4 is 6.29 Å². The highest BCUT2D eigenvalue weighted by Crippen LogP contribution is 2.15. The molecule has 1 aromatic rings. The largest absolute Gasteiger partial charge is 0.309 e. The standard InChI is InChI=1S/C9H9NO.C2H6/c11-6-7-1-2-8-4-10-5-9(8)3-7;1-2/h1-3,6,10H,4-5H2;1-2H3. The van der Waals surface area contributed by atoms with Crippen LogP contribution in [0.5, 0.6) is 0 Å². The normalized spacial score (nSPS) is 12.8. The topological polar surface area (TPSA) is 29.1 Å². The third-order valence-corrected chi connectivity index (χ3v) is 2.00. The number of aldehydes is 1. The molecule has 1 aromatic carbocycles. The molecule has 0 saturated heterocycles. The van der Waals surface area contributed by atoms with E-state index < -0.39 is 0 Å². The fourth-order valence-electron chi connectivity index (χ4n) is 1.39. The van der Waals surface area contributed by atoms with Crippen molar-refractivity contribution in [2.24, 2.45) is 0 Å². The maximum atomic E-state index is 10.4. The summed E-state index contributed by atoms with van der Waals surface area (Å²) in [5.74, 6) is 0. The maximum absolute atomic E-state index is 10.4. The molecule has 1 aliphatic heterocycles. The molecule has 2 nitrogen and oxygen atoms in total. The molecule has 0 fully saturated rings. The van der Waals surface area contributed by atoms with Crippen molar-refractivity contribution in [3.05, 3.63) is 34.9 Å². The van der Waals surface area contributed by atoms with Gasteiger partial charge in [-0.3, -0.25) is 4.79 Å². The molecule has 0 unspecified atom stereocenters. The van der Waals surface area contributed by atoms with Crippen LogP contribution < -0.4 is 5.32 Å². The zero-order valence-electron chi connectivity index (χ0n) is 8.13. The second-order valence-corrected chi connectivity index (χ2v) is 2.75. The molecule has 0 radical (unpaired) electrons.